The fourth-order valence-corrected chi connectivity index (χ4v) is 3.35. The molecule has 0 saturated carbocycles. The molecule has 0 heterocycles. The molecule has 4 aromatic carbocycles. The number of rotatable bonds is 9. The predicted molar refractivity (Wildman–Crippen MR) is 143 cm³/mol. The van der Waals surface area contributed by atoms with Crippen LogP contribution in [0.2, 0.25) is 0 Å². The van der Waals surface area contributed by atoms with Gasteiger partial charge in [0.2, 0.25) is 0 Å². The van der Waals surface area contributed by atoms with Gasteiger partial charge in [-0.1, -0.05) is 50.2 Å². The highest BCUT2D eigenvalue weighted by Gasteiger charge is 2.11. The van der Waals surface area contributed by atoms with Crippen LogP contribution in [0.5, 0.6) is 34.5 Å². The quantitative estimate of drug-likeness (QED) is 0.228. The van der Waals surface area contributed by atoms with Gasteiger partial charge < -0.3 is 19.7 Å². The first-order valence-electron chi connectivity index (χ1n) is 12.1. The van der Waals surface area contributed by atoms with Crippen molar-refractivity contribution in [2.24, 2.45) is 0 Å². The van der Waals surface area contributed by atoms with Crippen molar-refractivity contribution < 1.29 is 29.3 Å². The van der Waals surface area contributed by atoms with E-state index in [2.05, 4.69) is 0 Å². The zero-order valence-electron chi connectivity index (χ0n) is 20.9. The van der Waals surface area contributed by atoms with Crippen LogP contribution in [0.25, 0.3) is 0 Å². The lowest BCUT2D eigenvalue weighted by molar-refractivity contribution is 0.0976. The number of Topliss-reactive ketones (excluding diaryl/α,β-unsaturated/α-hetero) is 2. The van der Waals surface area contributed by atoms with Crippen LogP contribution in [0.4, 0.5) is 0 Å². The number of aromatic hydroxyl groups is 2. The van der Waals surface area contributed by atoms with Gasteiger partial charge in [-0.15, -0.1) is 0 Å². The molecule has 0 radical (unpaired) electrons. The second kappa shape index (κ2) is 13.5. The minimum atomic E-state index is 0.0199. The average Bonchev–Trinajstić information content (AvgIpc) is 2.92. The average molecular weight is 499 g/mol. The number of hydrogen-bond acceptors (Lipinski definition) is 6. The standard InChI is InChI=1S/C16H16O3.C15H14O3/c1-2-6-14(17)12-9-10-15(18)16(11-12)19-13-7-4-3-5-8-13;1-2-13(16)11-8-9-14(17)15(10-11)18-12-6-4-3-5-7-12/h3-5,7-11,18H,2,6H2,1H3;3-10,17H,2H2,1H3. The van der Waals surface area contributed by atoms with E-state index in [9.17, 15) is 19.8 Å². The highest BCUT2D eigenvalue weighted by Crippen LogP contribution is 2.32. The first-order chi connectivity index (χ1) is 17.9. The van der Waals surface area contributed by atoms with Gasteiger partial charge in [0.05, 0.1) is 0 Å². The highest BCUT2D eigenvalue weighted by atomic mass is 16.5. The van der Waals surface area contributed by atoms with E-state index in [0.717, 1.165) is 6.42 Å². The van der Waals surface area contributed by atoms with Gasteiger partial charge in [-0.25, -0.2) is 0 Å². The van der Waals surface area contributed by atoms with Crippen molar-refractivity contribution in [2.45, 2.75) is 33.1 Å². The predicted octanol–water partition coefficient (Wildman–Crippen LogP) is 7.94. The molecule has 0 fully saturated rings. The normalized spacial score (nSPS) is 10.1. The third-order valence-corrected chi connectivity index (χ3v) is 5.30. The van der Waals surface area contributed by atoms with Gasteiger partial charge in [0.1, 0.15) is 11.5 Å². The number of ether oxygens (including phenoxy) is 2. The molecule has 6 nitrogen and oxygen atoms in total. The maximum Gasteiger partial charge on any atom is 0.169 e. The number of carbonyl (C=O) groups is 2. The van der Waals surface area contributed by atoms with Crippen LogP contribution in [0, 0.1) is 0 Å². The molecule has 6 heteroatoms. The monoisotopic (exact) mass is 498 g/mol. The van der Waals surface area contributed by atoms with Gasteiger partial charge in [-0.3, -0.25) is 9.59 Å². The Labute approximate surface area is 216 Å². The van der Waals surface area contributed by atoms with Crippen LogP contribution in [0.1, 0.15) is 53.8 Å². The Bertz CT molecular complexity index is 1320. The lowest BCUT2D eigenvalue weighted by Gasteiger charge is -2.09. The van der Waals surface area contributed by atoms with Crippen LogP contribution in [-0.2, 0) is 0 Å². The van der Waals surface area contributed by atoms with Gasteiger partial charge in [0.25, 0.3) is 0 Å². The number of benzene rings is 4. The molecule has 0 aliphatic rings. The molecule has 4 rings (SSSR count). The Hall–Kier alpha value is -4.58. The Balaban J connectivity index is 0.000000206. The van der Waals surface area contributed by atoms with Gasteiger partial charge in [-0.2, -0.15) is 0 Å². The second-order valence-electron chi connectivity index (χ2n) is 8.15. The lowest BCUT2D eigenvalue weighted by Crippen LogP contribution is -1.98. The third-order valence-electron chi connectivity index (χ3n) is 5.30. The van der Waals surface area contributed by atoms with Crippen LogP contribution in [-0.4, -0.2) is 21.8 Å². The summed E-state index contributed by atoms with van der Waals surface area (Å²) in [6.45, 7) is 3.76. The Morgan fingerprint density at radius 2 is 1.05 bits per heavy atom. The maximum absolute atomic E-state index is 11.8. The van der Waals surface area contributed by atoms with E-state index in [4.69, 9.17) is 9.47 Å². The number of carbonyl (C=O) groups excluding carboxylic acids is 2. The van der Waals surface area contributed by atoms with Gasteiger partial charge in [0.15, 0.2) is 34.6 Å². The zero-order valence-corrected chi connectivity index (χ0v) is 20.9. The molecule has 0 bridgehead atoms. The molecular weight excluding hydrogens is 468 g/mol. The summed E-state index contributed by atoms with van der Waals surface area (Å²) in [5, 5.41) is 19.5. The molecule has 0 saturated heterocycles. The molecule has 2 N–H and O–H groups in total. The van der Waals surface area contributed by atoms with Crippen molar-refractivity contribution in [3.8, 4) is 34.5 Å². The molecule has 0 amide bonds. The Morgan fingerprint density at radius 3 is 1.46 bits per heavy atom. The first kappa shape index (κ1) is 27.0. The van der Waals surface area contributed by atoms with Crippen molar-refractivity contribution in [1.82, 2.24) is 0 Å². The summed E-state index contributed by atoms with van der Waals surface area (Å²) >= 11 is 0. The SMILES string of the molecule is CCC(=O)c1ccc(O)c(Oc2ccccc2)c1.CCCC(=O)c1ccc(O)c(Oc2ccccc2)c1. The van der Waals surface area contributed by atoms with Crippen LogP contribution >= 0.6 is 0 Å². The lowest BCUT2D eigenvalue weighted by atomic mass is 10.1. The molecule has 0 atom stereocenters. The van der Waals surface area contributed by atoms with Crippen LogP contribution < -0.4 is 9.47 Å². The number of hydrogen-bond donors (Lipinski definition) is 2. The Morgan fingerprint density at radius 1 is 0.622 bits per heavy atom. The smallest absolute Gasteiger partial charge is 0.169 e. The van der Waals surface area contributed by atoms with Crippen LogP contribution in [0.15, 0.2) is 97.1 Å². The molecule has 0 aliphatic heterocycles. The van der Waals surface area contributed by atoms with Crippen LogP contribution in [0.3, 0.4) is 0 Å². The first-order valence-corrected chi connectivity index (χ1v) is 12.1. The maximum atomic E-state index is 11.8. The van der Waals surface area contributed by atoms with Crippen molar-refractivity contribution in [3.63, 3.8) is 0 Å². The van der Waals surface area contributed by atoms with E-state index in [1.165, 1.54) is 12.1 Å². The summed E-state index contributed by atoms with van der Waals surface area (Å²) in [6.07, 6.45) is 1.72. The summed E-state index contributed by atoms with van der Waals surface area (Å²) < 4.78 is 11.1. The minimum Gasteiger partial charge on any atom is -0.504 e. The molecule has 4 aromatic rings. The number of ketones is 2. The molecule has 0 aromatic heterocycles. The van der Waals surface area contributed by atoms with E-state index in [-0.39, 0.29) is 23.1 Å². The topological polar surface area (TPSA) is 93.1 Å². The number of phenolic OH excluding ortho intramolecular Hbond substituents is 2. The van der Waals surface area contributed by atoms with E-state index in [1.54, 1.807) is 55.5 Å². The van der Waals surface area contributed by atoms with E-state index in [0.29, 0.717) is 47.0 Å². The summed E-state index contributed by atoms with van der Waals surface area (Å²) in [7, 11) is 0. The van der Waals surface area contributed by atoms with Gasteiger partial charge in [0, 0.05) is 24.0 Å². The largest absolute Gasteiger partial charge is 0.504 e. The second-order valence-corrected chi connectivity index (χ2v) is 8.15. The number of phenols is 2. The highest BCUT2D eigenvalue weighted by molar-refractivity contribution is 5.97. The molecule has 190 valence electrons. The molecule has 0 aliphatic carbocycles. The summed E-state index contributed by atoms with van der Waals surface area (Å²) in [4.78, 5) is 23.4. The van der Waals surface area contributed by atoms with Crippen molar-refractivity contribution in [3.05, 3.63) is 108 Å². The summed E-state index contributed by atoms with van der Waals surface area (Å²) in [5.74, 6) is 1.96. The molecule has 0 unspecified atom stereocenters. The molecule has 0 spiro atoms. The third kappa shape index (κ3) is 7.97. The van der Waals surface area contributed by atoms with Crippen molar-refractivity contribution in [2.75, 3.05) is 0 Å². The summed E-state index contributed by atoms with van der Waals surface area (Å²) in [6, 6.07) is 27.6. The van der Waals surface area contributed by atoms with E-state index in [1.807, 2.05) is 43.3 Å². The van der Waals surface area contributed by atoms with Gasteiger partial charge in [-0.05, 0) is 67.1 Å². The fraction of sp³-hybridized carbons (Fsp3) is 0.161. The van der Waals surface area contributed by atoms with E-state index >= 15 is 0 Å². The molecular formula is C31H30O6. The minimum absolute atomic E-state index is 0.0199. The van der Waals surface area contributed by atoms with Crippen molar-refractivity contribution in [1.29, 1.82) is 0 Å². The van der Waals surface area contributed by atoms with E-state index < -0.39 is 0 Å². The number of para-hydroxylation sites is 2. The fourth-order valence-electron chi connectivity index (χ4n) is 3.35. The zero-order chi connectivity index (χ0) is 26.6. The summed E-state index contributed by atoms with van der Waals surface area (Å²) in [5.41, 5.74) is 1.10. The van der Waals surface area contributed by atoms with Crippen molar-refractivity contribution >= 4 is 11.6 Å². The Kier molecular flexibility index (Phi) is 9.85. The molecule has 37 heavy (non-hydrogen) atoms. The van der Waals surface area contributed by atoms with Gasteiger partial charge >= 0.3 is 0 Å².